The van der Waals surface area contributed by atoms with Crippen molar-refractivity contribution in [2.45, 2.75) is 19.4 Å². The van der Waals surface area contributed by atoms with Crippen molar-refractivity contribution in [3.8, 4) is 0 Å². The number of nitrogens with one attached hydrogen (secondary N) is 1. The van der Waals surface area contributed by atoms with Crippen LogP contribution < -0.4 is 10.5 Å². The molecule has 6 nitrogen and oxygen atoms in total. The highest BCUT2D eigenvalue weighted by Gasteiger charge is 2.30. The number of nitrogens with two attached hydrogens (primary N) is 1. The number of hydrogen-bond acceptors (Lipinski definition) is 4. The number of rotatable bonds is 4. The van der Waals surface area contributed by atoms with Gasteiger partial charge >= 0.3 is 0 Å². The minimum atomic E-state index is -3.51. The van der Waals surface area contributed by atoms with Gasteiger partial charge in [0.2, 0.25) is 15.9 Å². The molecular formula is C8H16N2O4S. The van der Waals surface area contributed by atoms with Gasteiger partial charge in [0, 0.05) is 13.2 Å². The van der Waals surface area contributed by atoms with E-state index in [1.54, 1.807) is 0 Å². The third-order valence-corrected chi connectivity index (χ3v) is 3.10. The second kappa shape index (κ2) is 4.91. The molecule has 2 unspecified atom stereocenters. The lowest BCUT2D eigenvalue weighted by Crippen LogP contribution is -2.40. The molecule has 15 heavy (non-hydrogen) atoms. The van der Waals surface area contributed by atoms with Crippen molar-refractivity contribution in [1.82, 2.24) is 5.32 Å². The monoisotopic (exact) mass is 236 g/mol. The zero-order valence-corrected chi connectivity index (χ0v) is 9.42. The van der Waals surface area contributed by atoms with Gasteiger partial charge in [0.1, 0.15) is 6.10 Å². The van der Waals surface area contributed by atoms with Crippen molar-refractivity contribution >= 4 is 15.9 Å². The van der Waals surface area contributed by atoms with E-state index in [1.165, 1.54) is 0 Å². The molecule has 1 aliphatic heterocycles. The van der Waals surface area contributed by atoms with Gasteiger partial charge in [-0.2, -0.15) is 0 Å². The number of carbonyl (C=O) groups is 1. The lowest BCUT2D eigenvalue weighted by atomic mass is 10.0. The number of carbonyl (C=O) groups excluding carboxylic acids is 1. The van der Waals surface area contributed by atoms with Gasteiger partial charge in [0.05, 0.1) is 5.75 Å². The molecule has 1 aliphatic rings. The Labute approximate surface area is 89.2 Å². The molecule has 1 amide bonds. The fourth-order valence-electron chi connectivity index (χ4n) is 1.45. The van der Waals surface area contributed by atoms with Crippen molar-refractivity contribution < 1.29 is 17.9 Å². The Morgan fingerprint density at radius 2 is 2.27 bits per heavy atom. The fraction of sp³-hybridized carbons (Fsp3) is 0.875. The molecule has 0 bridgehead atoms. The van der Waals surface area contributed by atoms with Crippen molar-refractivity contribution in [2.24, 2.45) is 11.1 Å². The van der Waals surface area contributed by atoms with Gasteiger partial charge in [-0.1, -0.05) is 6.92 Å². The highest BCUT2D eigenvalue weighted by atomic mass is 32.2. The average molecular weight is 236 g/mol. The number of hydrogen-bond donors (Lipinski definition) is 2. The zero-order valence-electron chi connectivity index (χ0n) is 8.60. The van der Waals surface area contributed by atoms with Crippen LogP contribution in [0.25, 0.3) is 0 Å². The SMILES string of the molecule is CC1CCOC1C(=O)NCCS(N)(=O)=O. The van der Waals surface area contributed by atoms with Crippen LogP contribution in [0.1, 0.15) is 13.3 Å². The first-order chi connectivity index (χ1) is 6.90. The summed E-state index contributed by atoms with van der Waals surface area (Å²) in [7, 11) is -3.51. The van der Waals surface area contributed by atoms with E-state index in [0.29, 0.717) is 6.61 Å². The summed E-state index contributed by atoms with van der Waals surface area (Å²) in [6, 6.07) is 0. The largest absolute Gasteiger partial charge is 0.368 e. The molecule has 2 atom stereocenters. The molecule has 0 aromatic heterocycles. The first-order valence-electron chi connectivity index (χ1n) is 4.80. The molecule has 1 saturated heterocycles. The Kier molecular flexibility index (Phi) is 4.06. The van der Waals surface area contributed by atoms with Gasteiger partial charge in [-0.3, -0.25) is 4.79 Å². The van der Waals surface area contributed by atoms with E-state index in [4.69, 9.17) is 9.88 Å². The second-order valence-corrected chi connectivity index (χ2v) is 5.45. The van der Waals surface area contributed by atoms with Gasteiger partial charge in [0.25, 0.3) is 0 Å². The topological polar surface area (TPSA) is 98.5 Å². The number of amides is 1. The van der Waals surface area contributed by atoms with Crippen LogP contribution in [0, 0.1) is 5.92 Å². The average Bonchev–Trinajstić information content (AvgIpc) is 2.48. The molecule has 1 heterocycles. The predicted octanol–water partition coefficient (Wildman–Crippen LogP) is -1.18. The molecular weight excluding hydrogens is 220 g/mol. The minimum absolute atomic E-state index is 0.0320. The molecule has 0 radical (unpaired) electrons. The summed E-state index contributed by atoms with van der Waals surface area (Å²) in [5.74, 6) is -0.331. The Balaban J connectivity index is 2.30. The lowest BCUT2D eigenvalue weighted by molar-refractivity contribution is -0.131. The maximum atomic E-state index is 11.5. The van der Waals surface area contributed by atoms with Gasteiger partial charge in [-0.25, -0.2) is 13.6 Å². The second-order valence-electron chi connectivity index (χ2n) is 3.72. The Hall–Kier alpha value is -0.660. The predicted molar refractivity (Wildman–Crippen MR) is 54.5 cm³/mol. The van der Waals surface area contributed by atoms with Crippen LogP contribution in [-0.2, 0) is 19.6 Å². The fourth-order valence-corrected chi connectivity index (χ4v) is 1.83. The van der Waals surface area contributed by atoms with Crippen LogP contribution in [0.4, 0.5) is 0 Å². The summed E-state index contributed by atoms with van der Waals surface area (Å²) in [6.07, 6.45) is 0.401. The number of sulfonamides is 1. The van der Waals surface area contributed by atoms with Crippen molar-refractivity contribution in [1.29, 1.82) is 0 Å². The van der Waals surface area contributed by atoms with Crippen LogP contribution >= 0.6 is 0 Å². The van der Waals surface area contributed by atoms with Crippen LogP contribution in [-0.4, -0.2) is 39.3 Å². The quantitative estimate of drug-likeness (QED) is 0.641. The van der Waals surface area contributed by atoms with E-state index in [-0.39, 0.29) is 24.1 Å². The van der Waals surface area contributed by atoms with Crippen LogP contribution in [0.3, 0.4) is 0 Å². The summed E-state index contributed by atoms with van der Waals surface area (Å²) >= 11 is 0. The Morgan fingerprint density at radius 1 is 1.60 bits per heavy atom. The van der Waals surface area contributed by atoms with E-state index in [2.05, 4.69) is 5.32 Å². The highest BCUT2D eigenvalue weighted by molar-refractivity contribution is 7.89. The van der Waals surface area contributed by atoms with E-state index >= 15 is 0 Å². The summed E-state index contributed by atoms with van der Waals surface area (Å²) in [5.41, 5.74) is 0. The van der Waals surface area contributed by atoms with E-state index < -0.39 is 16.1 Å². The molecule has 0 aliphatic carbocycles. The smallest absolute Gasteiger partial charge is 0.249 e. The molecule has 0 aromatic rings. The molecule has 88 valence electrons. The number of primary sulfonamides is 1. The minimum Gasteiger partial charge on any atom is -0.368 e. The van der Waals surface area contributed by atoms with Gasteiger partial charge in [-0.15, -0.1) is 0 Å². The molecule has 7 heteroatoms. The Morgan fingerprint density at radius 3 is 2.73 bits per heavy atom. The van der Waals surface area contributed by atoms with Crippen LogP contribution in [0.2, 0.25) is 0 Å². The molecule has 0 aromatic carbocycles. The maximum Gasteiger partial charge on any atom is 0.249 e. The van der Waals surface area contributed by atoms with Crippen molar-refractivity contribution in [3.63, 3.8) is 0 Å². The molecule has 3 N–H and O–H groups in total. The lowest BCUT2D eigenvalue weighted by Gasteiger charge is -2.13. The summed E-state index contributed by atoms with van der Waals surface area (Å²) < 4.78 is 26.4. The van der Waals surface area contributed by atoms with E-state index in [9.17, 15) is 13.2 Å². The third kappa shape index (κ3) is 4.15. The maximum absolute atomic E-state index is 11.5. The van der Waals surface area contributed by atoms with Crippen LogP contribution in [0.5, 0.6) is 0 Å². The van der Waals surface area contributed by atoms with Crippen molar-refractivity contribution in [3.05, 3.63) is 0 Å². The van der Waals surface area contributed by atoms with Gasteiger partial charge < -0.3 is 10.1 Å². The normalized spacial score (nSPS) is 26.5. The molecule has 0 spiro atoms. The summed E-state index contributed by atoms with van der Waals surface area (Å²) in [6.45, 7) is 2.54. The third-order valence-electron chi connectivity index (χ3n) is 2.33. The van der Waals surface area contributed by atoms with Crippen molar-refractivity contribution in [2.75, 3.05) is 18.9 Å². The van der Waals surface area contributed by atoms with Gasteiger partial charge in [-0.05, 0) is 12.3 Å². The summed E-state index contributed by atoms with van der Waals surface area (Å²) in [5, 5.41) is 7.28. The molecule has 1 rings (SSSR count). The first-order valence-corrected chi connectivity index (χ1v) is 6.51. The number of ether oxygens (including phenoxy) is 1. The molecule has 1 fully saturated rings. The van der Waals surface area contributed by atoms with E-state index in [0.717, 1.165) is 6.42 Å². The Bertz CT molecular complexity index is 328. The summed E-state index contributed by atoms with van der Waals surface area (Å²) in [4.78, 5) is 11.5. The van der Waals surface area contributed by atoms with Crippen LogP contribution in [0.15, 0.2) is 0 Å². The first kappa shape index (κ1) is 12.4. The van der Waals surface area contributed by atoms with Gasteiger partial charge in [0.15, 0.2) is 0 Å². The highest BCUT2D eigenvalue weighted by Crippen LogP contribution is 2.19. The standard InChI is InChI=1S/C8H16N2O4S/c1-6-2-4-14-7(6)8(11)10-3-5-15(9,12)13/h6-7H,2-5H2,1H3,(H,10,11)(H2,9,12,13). The molecule has 0 saturated carbocycles. The van der Waals surface area contributed by atoms with E-state index in [1.807, 2.05) is 6.92 Å². The zero-order chi connectivity index (χ0) is 11.5.